The zero-order chi connectivity index (χ0) is 10.2. The highest BCUT2D eigenvalue weighted by molar-refractivity contribution is 6.92. The highest BCUT2D eigenvalue weighted by Gasteiger charge is 2.44. The first-order valence-corrected chi connectivity index (χ1v) is 6.43. The minimum atomic E-state index is -2.80. The van der Waals surface area contributed by atoms with E-state index in [2.05, 4.69) is 0 Å². The molecule has 0 saturated carbocycles. The minimum absolute atomic E-state index is 0. The Hall–Kier alpha value is 0.552. The molecule has 0 amide bonds. The van der Waals surface area contributed by atoms with Gasteiger partial charge in [-0.3, -0.25) is 0 Å². The number of rotatable bonds is 8. The van der Waals surface area contributed by atoms with E-state index in [1.165, 1.54) is 0 Å². The molecule has 0 N–H and O–H groups in total. The van der Waals surface area contributed by atoms with E-state index in [0.717, 1.165) is 0 Å². The normalized spacial score (nSPS) is 10.4. The molecule has 4 nitrogen and oxygen atoms in total. The molecule has 1 atom stereocenters. The van der Waals surface area contributed by atoms with Crippen molar-refractivity contribution in [3.8, 4) is 0 Å². The van der Waals surface area contributed by atoms with Gasteiger partial charge in [0.1, 0.15) is 0 Å². The van der Waals surface area contributed by atoms with Crippen LogP contribution in [-0.2, 0) is 17.7 Å². The van der Waals surface area contributed by atoms with Crippen LogP contribution in [-0.4, -0.2) is 43.9 Å². The maximum atomic E-state index is 5.42. The summed E-state index contributed by atoms with van der Waals surface area (Å²) in [6.45, 7) is 9.80. The van der Waals surface area contributed by atoms with Crippen LogP contribution < -0.4 is 0 Å². The first-order chi connectivity index (χ1) is 6.24. The van der Waals surface area contributed by atoms with Crippen molar-refractivity contribution in [1.82, 2.24) is 0 Å². The highest BCUT2D eigenvalue weighted by Crippen LogP contribution is 2.11. The molecule has 0 fully saturated rings. The Morgan fingerprint density at radius 1 is 0.667 bits per heavy atom. The van der Waals surface area contributed by atoms with Gasteiger partial charge in [0.25, 0.3) is 0 Å². The van der Waals surface area contributed by atoms with Crippen LogP contribution >= 0.6 is 9.90 Å². The Labute approximate surface area is 99.7 Å². The predicted molar refractivity (Wildman–Crippen MR) is 69.1 cm³/mol. The summed E-state index contributed by atoms with van der Waals surface area (Å²) in [5.41, 5.74) is 0. The van der Waals surface area contributed by atoms with Gasteiger partial charge < -0.3 is 17.7 Å². The topological polar surface area (TPSA) is 36.9 Å². The first kappa shape index (κ1) is 20.9. The molecule has 0 rings (SSSR count). The number of hydrogen-bond acceptors (Lipinski definition) is 4. The van der Waals surface area contributed by atoms with E-state index in [0.29, 0.717) is 26.4 Å². The van der Waals surface area contributed by atoms with Gasteiger partial charge in [0.05, 0.1) is 0 Å². The van der Waals surface area contributed by atoms with Crippen LogP contribution in [0.2, 0.25) is 0 Å². The van der Waals surface area contributed by atoms with Crippen LogP contribution in [0, 0.1) is 0 Å². The third-order valence-electron chi connectivity index (χ3n) is 1.28. The van der Waals surface area contributed by atoms with Gasteiger partial charge in [0, 0.05) is 34.8 Å². The van der Waals surface area contributed by atoms with E-state index < -0.39 is 9.05 Å². The van der Waals surface area contributed by atoms with Crippen molar-refractivity contribution in [3.05, 3.63) is 0 Å². The summed E-state index contributed by atoms with van der Waals surface area (Å²) in [6, 6.07) is 0. The third-order valence-corrected chi connectivity index (χ3v) is 3.85. The average molecular weight is 253 g/mol. The summed E-state index contributed by atoms with van der Waals surface area (Å²) >= 11 is 0. The van der Waals surface area contributed by atoms with Crippen molar-refractivity contribution in [2.24, 2.45) is 0 Å². The van der Waals surface area contributed by atoms with Gasteiger partial charge in [-0.1, -0.05) is 0 Å². The van der Waals surface area contributed by atoms with Crippen LogP contribution in [0.3, 0.4) is 0 Å². The molecule has 15 heavy (non-hydrogen) atoms. The van der Waals surface area contributed by atoms with Crippen LogP contribution in [0.1, 0.15) is 27.7 Å². The highest BCUT2D eigenvalue weighted by atomic mass is 31.0. The predicted octanol–water partition coefficient (Wildman–Crippen LogP) is 1.25. The lowest BCUT2D eigenvalue weighted by Crippen LogP contribution is -2.49. The van der Waals surface area contributed by atoms with Crippen molar-refractivity contribution in [3.63, 3.8) is 0 Å². The maximum Gasteiger partial charge on any atom is 0.679 e. The molecule has 0 aromatic heterocycles. The first-order valence-electron chi connectivity index (χ1n) is 4.80. The molecule has 1 unspecified atom stereocenters. The standard InChI is InChI=1S/C8H20O4Si.B.H3P/c1-5-9-13(10-6-2,11-7-3)12-8-4;;/h5-8H2,1-4H3;;1H3. The Bertz CT molecular complexity index is 102. The second kappa shape index (κ2) is 12.6. The van der Waals surface area contributed by atoms with Gasteiger partial charge >= 0.3 is 9.05 Å². The Balaban J connectivity index is -0.000000720. The van der Waals surface area contributed by atoms with Crippen LogP contribution in [0.4, 0.5) is 0 Å². The molecule has 0 spiro atoms. The van der Waals surface area contributed by atoms with Crippen molar-refractivity contribution >= 4 is 27.4 Å². The van der Waals surface area contributed by atoms with Gasteiger partial charge in [-0.2, -0.15) is 9.90 Å². The lowest BCUT2D eigenvalue weighted by Gasteiger charge is -2.26. The summed E-state index contributed by atoms with van der Waals surface area (Å²) in [4.78, 5) is 0. The van der Waals surface area contributed by atoms with Gasteiger partial charge in [0.2, 0.25) is 0 Å². The van der Waals surface area contributed by atoms with Gasteiger partial charge in [0.15, 0.2) is 0 Å². The van der Waals surface area contributed by atoms with Crippen molar-refractivity contribution in [2.75, 3.05) is 26.4 Å². The van der Waals surface area contributed by atoms with Crippen molar-refractivity contribution in [2.45, 2.75) is 27.7 Å². The molecular formula is C8H23BO4PSi. The van der Waals surface area contributed by atoms with Crippen molar-refractivity contribution < 1.29 is 17.7 Å². The molecule has 0 bridgehead atoms. The van der Waals surface area contributed by atoms with E-state index in [9.17, 15) is 0 Å². The summed E-state index contributed by atoms with van der Waals surface area (Å²) in [5.74, 6) is 0. The third kappa shape index (κ3) is 8.37. The molecule has 3 radical (unpaired) electrons. The van der Waals surface area contributed by atoms with E-state index in [4.69, 9.17) is 17.7 Å². The fraction of sp³-hybridized carbons (Fsp3) is 1.00. The summed E-state index contributed by atoms with van der Waals surface area (Å²) in [6.07, 6.45) is 0. The maximum absolute atomic E-state index is 5.42. The summed E-state index contributed by atoms with van der Waals surface area (Å²) in [5, 5.41) is 0. The molecular weight excluding hydrogens is 230 g/mol. The molecule has 7 heteroatoms. The SMILES string of the molecule is CCO[Si](OCC)(OCC)OCC.P.[B]. The molecule has 0 heterocycles. The lowest BCUT2D eigenvalue weighted by atomic mass is 10.8. The zero-order valence-corrected chi connectivity index (χ0v) is 12.7. The largest absolute Gasteiger partial charge is 0.679 e. The van der Waals surface area contributed by atoms with Crippen LogP contribution in [0.5, 0.6) is 0 Å². The van der Waals surface area contributed by atoms with E-state index in [1.54, 1.807) is 0 Å². The van der Waals surface area contributed by atoms with Crippen molar-refractivity contribution in [1.29, 1.82) is 0 Å². The van der Waals surface area contributed by atoms with Crippen LogP contribution in [0.15, 0.2) is 0 Å². The van der Waals surface area contributed by atoms with Gasteiger partial charge in [-0.25, -0.2) is 0 Å². The molecule has 91 valence electrons. The smallest absolute Gasteiger partial charge is 0.351 e. The fourth-order valence-corrected chi connectivity index (χ4v) is 2.87. The zero-order valence-electron chi connectivity index (χ0n) is 10.2. The van der Waals surface area contributed by atoms with Gasteiger partial charge in [-0.15, -0.1) is 0 Å². The summed E-state index contributed by atoms with van der Waals surface area (Å²) < 4.78 is 21.7. The minimum Gasteiger partial charge on any atom is -0.351 e. The van der Waals surface area contributed by atoms with E-state index in [-0.39, 0.29) is 18.3 Å². The van der Waals surface area contributed by atoms with Gasteiger partial charge in [-0.05, 0) is 27.7 Å². The monoisotopic (exact) mass is 253 g/mol. The second-order valence-corrected chi connectivity index (χ2v) is 4.39. The average Bonchev–Trinajstić information content (AvgIpc) is 2.06. The fourth-order valence-electron chi connectivity index (χ4n) is 0.957. The van der Waals surface area contributed by atoms with E-state index in [1.807, 2.05) is 27.7 Å². The lowest BCUT2D eigenvalue weighted by molar-refractivity contribution is -0.0247. The molecule has 0 aliphatic heterocycles. The summed E-state index contributed by atoms with van der Waals surface area (Å²) in [7, 11) is -2.80. The molecule has 0 aliphatic rings. The Morgan fingerprint density at radius 3 is 1.00 bits per heavy atom. The quantitative estimate of drug-likeness (QED) is 0.482. The van der Waals surface area contributed by atoms with Crippen LogP contribution in [0.25, 0.3) is 0 Å². The molecule has 0 aliphatic carbocycles. The molecule has 0 aromatic rings. The second-order valence-electron chi connectivity index (χ2n) is 2.23. The molecule has 0 aromatic carbocycles. The number of hydrogen-bond donors (Lipinski definition) is 0. The van der Waals surface area contributed by atoms with E-state index >= 15 is 0 Å². The Morgan fingerprint density at radius 2 is 0.867 bits per heavy atom. The Kier molecular flexibility index (Phi) is 17.6. The molecule has 0 saturated heterocycles.